The van der Waals surface area contributed by atoms with Gasteiger partial charge in [0.1, 0.15) is 0 Å². The first-order chi connectivity index (χ1) is 14.8. The number of benzene rings is 1. The van der Waals surface area contributed by atoms with Gasteiger partial charge in [0.25, 0.3) is 0 Å². The lowest BCUT2D eigenvalue weighted by Crippen LogP contribution is -2.47. The van der Waals surface area contributed by atoms with E-state index in [9.17, 15) is 18.0 Å². The second-order valence-electron chi connectivity index (χ2n) is 8.17. The Bertz CT molecular complexity index is 978. The molecule has 0 saturated carbocycles. The van der Waals surface area contributed by atoms with E-state index in [0.717, 1.165) is 17.8 Å². The number of hydrogen-bond donors (Lipinski definition) is 1. The van der Waals surface area contributed by atoms with E-state index in [0.29, 0.717) is 37.3 Å². The van der Waals surface area contributed by atoms with Gasteiger partial charge in [-0.25, -0.2) is 0 Å². The standard InChI is InChI=1S/C23H24F3N3O2/c24-23(25,26)18-10-17-13-29(9-7-20(17)28-12-18)21(30)22(8-6-19(27)11-22)15-31-14-16-4-2-1-3-5-16/h1-6,8,10,12,19H,7,9,11,13-15,27H2. The molecule has 31 heavy (non-hydrogen) atoms. The summed E-state index contributed by atoms with van der Waals surface area (Å²) < 4.78 is 45.1. The van der Waals surface area contributed by atoms with Crippen LogP contribution in [0.5, 0.6) is 0 Å². The predicted molar refractivity (Wildman–Crippen MR) is 109 cm³/mol. The number of aromatic nitrogens is 1. The van der Waals surface area contributed by atoms with Crippen LogP contribution in [0.4, 0.5) is 13.2 Å². The molecule has 1 aliphatic heterocycles. The van der Waals surface area contributed by atoms with Crippen molar-refractivity contribution >= 4 is 5.91 Å². The molecule has 8 heteroatoms. The van der Waals surface area contributed by atoms with Crippen molar-refractivity contribution < 1.29 is 22.7 Å². The fourth-order valence-electron chi connectivity index (χ4n) is 4.19. The van der Waals surface area contributed by atoms with Crippen molar-refractivity contribution in [2.24, 2.45) is 11.1 Å². The quantitative estimate of drug-likeness (QED) is 0.736. The molecular formula is C23H24F3N3O2. The van der Waals surface area contributed by atoms with Crippen LogP contribution in [0.1, 0.15) is 28.8 Å². The highest BCUT2D eigenvalue weighted by atomic mass is 19.4. The average molecular weight is 431 g/mol. The van der Waals surface area contributed by atoms with Crippen LogP contribution < -0.4 is 5.73 Å². The van der Waals surface area contributed by atoms with E-state index in [1.54, 1.807) is 17.1 Å². The second kappa shape index (κ2) is 8.43. The number of nitrogens with two attached hydrogens (primary N) is 1. The molecule has 2 aliphatic rings. The van der Waals surface area contributed by atoms with Crippen LogP contribution in [0.25, 0.3) is 0 Å². The molecule has 0 spiro atoms. The molecule has 164 valence electrons. The Balaban J connectivity index is 1.50. The molecule has 1 aromatic heterocycles. The summed E-state index contributed by atoms with van der Waals surface area (Å²) in [4.78, 5) is 19.1. The first kappa shape index (κ1) is 21.5. The topological polar surface area (TPSA) is 68.5 Å². The first-order valence-electron chi connectivity index (χ1n) is 10.2. The highest BCUT2D eigenvalue weighted by Crippen LogP contribution is 2.37. The van der Waals surface area contributed by atoms with E-state index in [-0.39, 0.29) is 25.1 Å². The van der Waals surface area contributed by atoms with E-state index in [1.165, 1.54) is 0 Å². The van der Waals surface area contributed by atoms with Crippen LogP contribution in [0.2, 0.25) is 0 Å². The summed E-state index contributed by atoms with van der Waals surface area (Å²) in [7, 11) is 0. The Morgan fingerprint density at radius 2 is 2.06 bits per heavy atom. The summed E-state index contributed by atoms with van der Waals surface area (Å²) in [6.07, 6.45) is 0.798. The maximum absolute atomic E-state index is 13.5. The molecule has 0 bridgehead atoms. The Labute approximate surface area is 178 Å². The van der Waals surface area contributed by atoms with Crippen LogP contribution in [0.3, 0.4) is 0 Å². The number of nitrogens with zero attached hydrogens (tertiary/aromatic N) is 2. The van der Waals surface area contributed by atoms with Crippen molar-refractivity contribution in [1.82, 2.24) is 9.88 Å². The number of ether oxygens (including phenoxy) is 1. The van der Waals surface area contributed by atoms with Crippen LogP contribution in [-0.2, 0) is 35.3 Å². The molecule has 2 N–H and O–H groups in total. The number of alkyl halides is 3. The highest BCUT2D eigenvalue weighted by molar-refractivity contribution is 5.86. The zero-order valence-corrected chi connectivity index (χ0v) is 16.9. The Morgan fingerprint density at radius 1 is 1.29 bits per heavy atom. The zero-order chi connectivity index (χ0) is 22.1. The number of hydrogen-bond acceptors (Lipinski definition) is 4. The third kappa shape index (κ3) is 4.65. The Morgan fingerprint density at radius 3 is 2.74 bits per heavy atom. The molecule has 0 radical (unpaired) electrons. The van der Waals surface area contributed by atoms with Gasteiger partial charge in [-0.15, -0.1) is 0 Å². The number of fused-ring (bicyclic) bond motifs is 1. The largest absolute Gasteiger partial charge is 0.417 e. The van der Waals surface area contributed by atoms with Crippen LogP contribution in [0, 0.1) is 5.41 Å². The first-order valence-corrected chi connectivity index (χ1v) is 10.2. The van der Waals surface area contributed by atoms with Crippen molar-refractivity contribution in [3.8, 4) is 0 Å². The fraction of sp³-hybridized carbons (Fsp3) is 0.391. The zero-order valence-electron chi connectivity index (χ0n) is 16.9. The molecule has 1 amide bonds. The molecule has 1 aromatic carbocycles. The van der Waals surface area contributed by atoms with Crippen molar-refractivity contribution in [1.29, 1.82) is 0 Å². The number of rotatable bonds is 5. The molecule has 2 atom stereocenters. The highest BCUT2D eigenvalue weighted by Gasteiger charge is 2.44. The van der Waals surface area contributed by atoms with Crippen LogP contribution in [-0.4, -0.2) is 35.0 Å². The van der Waals surface area contributed by atoms with Crippen molar-refractivity contribution in [3.63, 3.8) is 0 Å². The third-order valence-electron chi connectivity index (χ3n) is 5.81. The number of amides is 1. The Kier molecular flexibility index (Phi) is 5.85. The van der Waals surface area contributed by atoms with Gasteiger partial charge >= 0.3 is 6.18 Å². The summed E-state index contributed by atoms with van der Waals surface area (Å²) in [5.74, 6) is -0.173. The number of carbonyl (C=O) groups is 1. The molecule has 2 aromatic rings. The van der Waals surface area contributed by atoms with Crippen molar-refractivity contribution in [2.45, 2.75) is 38.2 Å². The molecule has 2 heterocycles. The molecule has 1 aliphatic carbocycles. The van der Waals surface area contributed by atoms with Crippen LogP contribution in [0.15, 0.2) is 54.7 Å². The van der Waals surface area contributed by atoms with Gasteiger partial charge in [-0.1, -0.05) is 42.5 Å². The molecule has 0 fully saturated rings. The lowest BCUT2D eigenvalue weighted by molar-refractivity contribution is -0.144. The van der Waals surface area contributed by atoms with Gasteiger partial charge < -0.3 is 15.4 Å². The summed E-state index contributed by atoms with van der Waals surface area (Å²) in [5.41, 5.74) is 6.37. The van der Waals surface area contributed by atoms with Crippen molar-refractivity contribution in [3.05, 3.63) is 77.1 Å². The maximum atomic E-state index is 13.5. The SMILES string of the molecule is NC1C=CC(COCc2ccccc2)(C(=O)N2CCc3ncc(C(F)(F)F)cc3C2)C1. The fourth-order valence-corrected chi connectivity index (χ4v) is 4.19. The number of halogens is 3. The Hall–Kier alpha value is -2.71. The van der Waals surface area contributed by atoms with Gasteiger partial charge in [0.2, 0.25) is 5.91 Å². The van der Waals surface area contributed by atoms with E-state index < -0.39 is 17.2 Å². The van der Waals surface area contributed by atoms with Gasteiger partial charge in [-0.2, -0.15) is 13.2 Å². The monoisotopic (exact) mass is 431 g/mol. The minimum absolute atomic E-state index is 0.0919. The van der Waals surface area contributed by atoms with Crippen LogP contribution >= 0.6 is 0 Å². The lowest BCUT2D eigenvalue weighted by atomic mass is 9.85. The molecule has 0 saturated heterocycles. The van der Waals surface area contributed by atoms with Gasteiger partial charge in [0.05, 0.1) is 24.2 Å². The lowest BCUT2D eigenvalue weighted by Gasteiger charge is -2.36. The summed E-state index contributed by atoms with van der Waals surface area (Å²) in [6.45, 7) is 1.01. The van der Waals surface area contributed by atoms with Gasteiger partial charge in [0.15, 0.2) is 0 Å². The minimum Gasteiger partial charge on any atom is -0.375 e. The van der Waals surface area contributed by atoms with Gasteiger partial charge in [-0.3, -0.25) is 9.78 Å². The van der Waals surface area contributed by atoms with E-state index in [2.05, 4.69) is 4.98 Å². The maximum Gasteiger partial charge on any atom is 0.417 e. The average Bonchev–Trinajstić information content (AvgIpc) is 3.14. The molecular weight excluding hydrogens is 407 g/mol. The smallest absolute Gasteiger partial charge is 0.375 e. The number of pyridine rings is 1. The predicted octanol–water partition coefficient (Wildman–Crippen LogP) is 3.48. The van der Waals surface area contributed by atoms with E-state index in [1.807, 2.05) is 30.3 Å². The summed E-state index contributed by atoms with van der Waals surface area (Å²) >= 11 is 0. The molecule has 2 unspecified atom stereocenters. The van der Waals surface area contributed by atoms with E-state index in [4.69, 9.17) is 10.5 Å². The minimum atomic E-state index is -4.47. The number of carbonyl (C=O) groups excluding carboxylic acids is 1. The summed E-state index contributed by atoms with van der Waals surface area (Å²) in [6, 6.07) is 10.5. The van der Waals surface area contributed by atoms with Gasteiger partial charge in [0, 0.05) is 37.4 Å². The second-order valence-corrected chi connectivity index (χ2v) is 8.17. The molecule has 4 rings (SSSR count). The summed E-state index contributed by atoms with van der Waals surface area (Å²) in [5, 5.41) is 0. The third-order valence-corrected chi connectivity index (χ3v) is 5.81. The van der Waals surface area contributed by atoms with E-state index >= 15 is 0 Å². The van der Waals surface area contributed by atoms with Crippen molar-refractivity contribution in [2.75, 3.05) is 13.2 Å². The normalized spacial score (nSPS) is 23.1. The molecule has 5 nitrogen and oxygen atoms in total. The van der Waals surface area contributed by atoms with Gasteiger partial charge in [-0.05, 0) is 23.6 Å².